The molecular formula is C45H38BN3O2. The van der Waals surface area contributed by atoms with Gasteiger partial charge in [-0.15, -0.1) is 0 Å². The van der Waals surface area contributed by atoms with Crippen LogP contribution in [0.4, 0.5) is 0 Å². The van der Waals surface area contributed by atoms with Crippen molar-refractivity contribution in [2.45, 2.75) is 38.9 Å². The number of nitrogens with zero attached hydrogens (tertiary/aromatic N) is 3. The molecule has 7 aromatic rings. The lowest BCUT2D eigenvalue weighted by molar-refractivity contribution is 0.00578. The Hall–Kier alpha value is -5.69. The van der Waals surface area contributed by atoms with Crippen molar-refractivity contribution >= 4 is 12.6 Å². The third-order valence-electron chi connectivity index (χ3n) is 9.98. The van der Waals surface area contributed by atoms with Gasteiger partial charge in [-0.25, -0.2) is 15.0 Å². The molecular weight excluding hydrogens is 625 g/mol. The van der Waals surface area contributed by atoms with Crippen LogP contribution in [0.5, 0.6) is 0 Å². The van der Waals surface area contributed by atoms with E-state index >= 15 is 0 Å². The molecule has 0 bridgehead atoms. The summed E-state index contributed by atoms with van der Waals surface area (Å²) in [5, 5.41) is 0. The number of benzene rings is 6. The minimum absolute atomic E-state index is 0.480. The molecule has 248 valence electrons. The third-order valence-corrected chi connectivity index (χ3v) is 9.98. The Morgan fingerprint density at radius 2 is 0.667 bits per heavy atom. The maximum atomic E-state index is 6.54. The van der Waals surface area contributed by atoms with Crippen LogP contribution in [0.3, 0.4) is 0 Å². The van der Waals surface area contributed by atoms with E-state index in [2.05, 4.69) is 155 Å². The molecule has 5 nitrogen and oxygen atoms in total. The van der Waals surface area contributed by atoms with E-state index in [9.17, 15) is 0 Å². The molecule has 0 saturated carbocycles. The van der Waals surface area contributed by atoms with Crippen molar-refractivity contribution in [2.24, 2.45) is 0 Å². The highest BCUT2D eigenvalue weighted by Crippen LogP contribution is 2.37. The lowest BCUT2D eigenvalue weighted by Crippen LogP contribution is -2.41. The van der Waals surface area contributed by atoms with E-state index in [-0.39, 0.29) is 0 Å². The summed E-state index contributed by atoms with van der Waals surface area (Å²) in [6.07, 6.45) is 0. The zero-order valence-electron chi connectivity index (χ0n) is 29.2. The Balaban J connectivity index is 1.27. The fraction of sp³-hybridized carbons (Fsp3) is 0.133. The molecule has 0 radical (unpaired) electrons. The van der Waals surface area contributed by atoms with E-state index in [1.807, 2.05) is 30.3 Å². The van der Waals surface area contributed by atoms with Gasteiger partial charge in [0.15, 0.2) is 17.5 Å². The molecule has 0 spiro atoms. The quantitative estimate of drug-likeness (QED) is 0.159. The summed E-state index contributed by atoms with van der Waals surface area (Å²) in [6, 6.07) is 54.3. The summed E-state index contributed by atoms with van der Waals surface area (Å²) in [4.78, 5) is 15.3. The normalized spacial score (nSPS) is 14.8. The van der Waals surface area contributed by atoms with Crippen LogP contribution < -0.4 is 5.46 Å². The van der Waals surface area contributed by atoms with Crippen molar-refractivity contribution in [2.75, 3.05) is 0 Å². The molecule has 0 aliphatic carbocycles. The van der Waals surface area contributed by atoms with Crippen LogP contribution in [0.25, 0.3) is 67.5 Å². The first kappa shape index (κ1) is 32.5. The van der Waals surface area contributed by atoms with Crippen LogP contribution in [-0.2, 0) is 9.31 Å². The van der Waals surface area contributed by atoms with Gasteiger partial charge >= 0.3 is 7.12 Å². The molecule has 1 saturated heterocycles. The largest absolute Gasteiger partial charge is 0.494 e. The van der Waals surface area contributed by atoms with Crippen LogP contribution in [0.1, 0.15) is 27.7 Å². The summed E-state index contributed by atoms with van der Waals surface area (Å²) in [5.41, 5.74) is 9.32. The van der Waals surface area contributed by atoms with Crippen LogP contribution in [0, 0.1) is 0 Å². The molecule has 0 amide bonds. The minimum atomic E-state index is -0.547. The van der Waals surface area contributed by atoms with E-state index in [0.29, 0.717) is 17.5 Å². The summed E-state index contributed by atoms with van der Waals surface area (Å²) in [5.74, 6) is 1.78. The van der Waals surface area contributed by atoms with Crippen molar-refractivity contribution in [3.05, 3.63) is 158 Å². The van der Waals surface area contributed by atoms with Crippen LogP contribution in [-0.4, -0.2) is 33.3 Å². The second kappa shape index (κ2) is 13.2. The van der Waals surface area contributed by atoms with Gasteiger partial charge in [-0.3, -0.25) is 0 Å². The minimum Gasteiger partial charge on any atom is -0.399 e. The first-order valence-electron chi connectivity index (χ1n) is 17.4. The van der Waals surface area contributed by atoms with Gasteiger partial charge < -0.3 is 9.31 Å². The molecule has 51 heavy (non-hydrogen) atoms. The zero-order chi connectivity index (χ0) is 35.0. The highest BCUT2D eigenvalue weighted by atomic mass is 16.7. The van der Waals surface area contributed by atoms with Gasteiger partial charge in [0, 0.05) is 16.7 Å². The molecule has 1 aliphatic rings. The van der Waals surface area contributed by atoms with Gasteiger partial charge in [-0.1, -0.05) is 152 Å². The number of hydrogen-bond donors (Lipinski definition) is 0. The molecule has 1 fully saturated rings. The molecule has 8 rings (SSSR count). The van der Waals surface area contributed by atoms with E-state index in [1.165, 1.54) is 0 Å². The van der Waals surface area contributed by atoms with Gasteiger partial charge in [0.05, 0.1) is 11.2 Å². The molecule has 6 aromatic carbocycles. The van der Waals surface area contributed by atoms with Crippen molar-refractivity contribution < 1.29 is 9.31 Å². The van der Waals surface area contributed by atoms with Crippen LogP contribution in [0.15, 0.2) is 158 Å². The summed E-state index contributed by atoms with van der Waals surface area (Å²) >= 11 is 0. The lowest BCUT2D eigenvalue weighted by atomic mass is 9.77. The molecule has 1 aromatic heterocycles. The predicted octanol–water partition coefficient (Wildman–Crippen LogP) is 10.2. The number of rotatable bonds is 7. The monoisotopic (exact) mass is 663 g/mol. The SMILES string of the molecule is CC1(C)OB(c2cc(-c3ccccc3)cc(-c3nc(-c4ccc(-c5ccccc5)cc4)nc(-c4ccc(-c5ccccc5)cc4)n3)c2)OC1(C)C. The fourth-order valence-electron chi connectivity index (χ4n) is 6.34. The average Bonchev–Trinajstić information content (AvgIpc) is 3.41. The van der Waals surface area contributed by atoms with Crippen molar-refractivity contribution in [3.63, 3.8) is 0 Å². The Morgan fingerprint density at radius 3 is 1.08 bits per heavy atom. The van der Waals surface area contributed by atoms with Crippen molar-refractivity contribution in [3.8, 4) is 67.5 Å². The van der Waals surface area contributed by atoms with Gasteiger partial charge in [-0.05, 0) is 72.6 Å². The first-order valence-corrected chi connectivity index (χ1v) is 17.4. The maximum absolute atomic E-state index is 6.54. The van der Waals surface area contributed by atoms with Gasteiger partial charge in [-0.2, -0.15) is 0 Å². The smallest absolute Gasteiger partial charge is 0.399 e. The predicted molar refractivity (Wildman–Crippen MR) is 208 cm³/mol. The third kappa shape index (κ3) is 6.64. The molecule has 0 atom stereocenters. The Labute approximate surface area is 300 Å². The summed E-state index contributed by atoms with van der Waals surface area (Å²) < 4.78 is 13.1. The molecule has 0 N–H and O–H groups in total. The second-order valence-electron chi connectivity index (χ2n) is 14.0. The van der Waals surface area contributed by atoms with E-state index < -0.39 is 18.3 Å². The molecule has 2 heterocycles. The van der Waals surface area contributed by atoms with Crippen LogP contribution >= 0.6 is 0 Å². The molecule has 1 aliphatic heterocycles. The van der Waals surface area contributed by atoms with E-state index in [4.69, 9.17) is 24.3 Å². The van der Waals surface area contributed by atoms with Gasteiger partial charge in [0.1, 0.15) is 0 Å². The average molecular weight is 664 g/mol. The van der Waals surface area contributed by atoms with E-state index in [0.717, 1.165) is 55.5 Å². The number of hydrogen-bond acceptors (Lipinski definition) is 5. The Bertz CT molecular complexity index is 2170. The van der Waals surface area contributed by atoms with Crippen molar-refractivity contribution in [1.29, 1.82) is 0 Å². The summed E-state index contributed by atoms with van der Waals surface area (Å²) in [7, 11) is -0.547. The molecule has 0 unspecified atom stereocenters. The van der Waals surface area contributed by atoms with Gasteiger partial charge in [0.25, 0.3) is 0 Å². The molecule has 6 heteroatoms. The maximum Gasteiger partial charge on any atom is 0.494 e. The Morgan fingerprint density at radius 1 is 0.353 bits per heavy atom. The second-order valence-corrected chi connectivity index (χ2v) is 14.0. The highest BCUT2D eigenvalue weighted by molar-refractivity contribution is 6.62. The lowest BCUT2D eigenvalue weighted by Gasteiger charge is -2.32. The summed E-state index contributed by atoms with van der Waals surface area (Å²) in [6.45, 7) is 8.30. The van der Waals surface area contributed by atoms with Gasteiger partial charge in [0.2, 0.25) is 0 Å². The highest BCUT2D eigenvalue weighted by Gasteiger charge is 2.51. The Kier molecular flexibility index (Phi) is 8.43. The van der Waals surface area contributed by atoms with E-state index in [1.54, 1.807) is 0 Å². The first-order chi connectivity index (χ1) is 24.7. The topological polar surface area (TPSA) is 57.1 Å². The van der Waals surface area contributed by atoms with Crippen molar-refractivity contribution in [1.82, 2.24) is 15.0 Å². The fourth-order valence-corrected chi connectivity index (χ4v) is 6.34. The zero-order valence-corrected chi connectivity index (χ0v) is 29.2. The van der Waals surface area contributed by atoms with Crippen LogP contribution in [0.2, 0.25) is 0 Å². The number of aromatic nitrogens is 3. The standard InChI is InChI=1S/C45H38BN3O2/c1-44(2)45(3,4)51-46(50-44)40-29-38(33-18-12-7-13-19-33)28-39(30-40)43-48-41(36-24-20-34(21-25-36)31-14-8-5-9-15-31)47-42(49-43)37-26-22-35(23-27-37)32-16-10-6-11-17-32/h5-30H,1-4H3.